The lowest BCUT2D eigenvalue weighted by atomic mass is 10.1. The molecule has 0 aromatic carbocycles. The number of nitriles is 1. The molecule has 0 aliphatic carbocycles. The van der Waals surface area contributed by atoms with Gasteiger partial charge in [-0.3, -0.25) is 4.68 Å². The van der Waals surface area contributed by atoms with E-state index in [-0.39, 0.29) is 11.1 Å². The third-order valence-corrected chi connectivity index (χ3v) is 6.45. The molecule has 1 aliphatic rings. The molecule has 0 unspecified atom stereocenters. The summed E-state index contributed by atoms with van der Waals surface area (Å²) in [6.07, 6.45) is 6.81. The van der Waals surface area contributed by atoms with Crippen LogP contribution in [0.1, 0.15) is 11.3 Å². The van der Waals surface area contributed by atoms with E-state index in [0.29, 0.717) is 29.1 Å². The maximum Gasteiger partial charge on any atom is 0.155 e. The van der Waals surface area contributed by atoms with E-state index in [1.54, 1.807) is 16.8 Å². The Hall–Kier alpha value is -3.26. The van der Waals surface area contributed by atoms with Crippen LogP contribution in [0.3, 0.4) is 0 Å². The predicted octanol–water partition coefficient (Wildman–Crippen LogP) is 3.05. The molecule has 4 aromatic heterocycles. The molecule has 162 valence electrons. The van der Waals surface area contributed by atoms with Crippen LogP contribution in [0.5, 0.6) is 0 Å². The lowest BCUT2D eigenvalue weighted by Gasteiger charge is -2.24. The molecule has 0 radical (unpaired) electrons. The fourth-order valence-corrected chi connectivity index (χ4v) is 4.76. The van der Waals surface area contributed by atoms with Crippen molar-refractivity contribution in [2.24, 2.45) is 0 Å². The highest BCUT2D eigenvalue weighted by Gasteiger charge is 2.20. The van der Waals surface area contributed by atoms with E-state index in [1.807, 2.05) is 30.1 Å². The number of morpholine rings is 1. The fraction of sp³-hybridized carbons (Fsp3) is 0.273. The van der Waals surface area contributed by atoms with Gasteiger partial charge in [-0.15, -0.1) is 0 Å². The summed E-state index contributed by atoms with van der Waals surface area (Å²) in [6.45, 7) is 5.02. The SMILES string of the molecule is Cc1c(-c2cc(Sc3ncccc3F)c3c(C#N)cnn3c2)cnn1C[C@@H]1CNCCO1. The van der Waals surface area contributed by atoms with Crippen LogP contribution in [0.25, 0.3) is 16.6 Å². The second-order valence-corrected chi connectivity index (χ2v) is 8.50. The van der Waals surface area contributed by atoms with Gasteiger partial charge in [0.25, 0.3) is 0 Å². The van der Waals surface area contributed by atoms with Crippen molar-refractivity contribution in [1.82, 2.24) is 29.7 Å². The number of nitrogens with zero attached hydrogens (tertiary/aromatic N) is 6. The number of rotatable bonds is 5. The third-order valence-electron chi connectivity index (χ3n) is 5.42. The van der Waals surface area contributed by atoms with Crippen molar-refractivity contribution in [3.8, 4) is 17.2 Å². The Morgan fingerprint density at radius 2 is 2.28 bits per heavy atom. The van der Waals surface area contributed by atoms with Gasteiger partial charge in [-0.25, -0.2) is 13.9 Å². The van der Waals surface area contributed by atoms with Crippen LogP contribution in [0, 0.1) is 24.1 Å². The molecule has 10 heteroatoms. The Morgan fingerprint density at radius 1 is 1.38 bits per heavy atom. The summed E-state index contributed by atoms with van der Waals surface area (Å²) in [5, 5.41) is 22.0. The van der Waals surface area contributed by atoms with Crippen LogP contribution >= 0.6 is 11.8 Å². The molecule has 32 heavy (non-hydrogen) atoms. The number of ether oxygens (including phenoxy) is 1. The van der Waals surface area contributed by atoms with Gasteiger partial charge in [-0.2, -0.15) is 15.5 Å². The molecule has 4 aromatic rings. The number of nitrogens with one attached hydrogen (secondary N) is 1. The van der Waals surface area contributed by atoms with Gasteiger partial charge in [-0.1, -0.05) is 11.8 Å². The summed E-state index contributed by atoms with van der Waals surface area (Å²) in [6, 6.07) is 7.02. The van der Waals surface area contributed by atoms with Gasteiger partial charge in [0.2, 0.25) is 0 Å². The molecular formula is C22H20FN7OS. The minimum atomic E-state index is -0.413. The number of pyridine rings is 2. The molecule has 1 N–H and O–H groups in total. The first-order chi connectivity index (χ1) is 15.6. The summed E-state index contributed by atoms with van der Waals surface area (Å²) >= 11 is 1.17. The minimum Gasteiger partial charge on any atom is -0.374 e. The molecule has 1 saturated heterocycles. The van der Waals surface area contributed by atoms with E-state index in [2.05, 4.69) is 26.6 Å². The van der Waals surface area contributed by atoms with Crippen LogP contribution in [0.2, 0.25) is 0 Å². The van der Waals surface area contributed by atoms with Crippen molar-refractivity contribution >= 4 is 17.3 Å². The smallest absolute Gasteiger partial charge is 0.155 e. The number of hydrogen-bond acceptors (Lipinski definition) is 7. The number of hydrogen-bond donors (Lipinski definition) is 1. The standard InChI is InChI=1S/C22H20FN7OS/c1-14-18(11-28-29(14)13-17-10-25-5-6-31-17)15-7-20(32-22-19(23)3-2-4-26-22)21-16(8-24)9-27-30(21)12-15/h2-4,7,9,11-12,17,25H,5-6,10,13H2,1H3/t17-/m0/s1. The van der Waals surface area contributed by atoms with E-state index >= 15 is 0 Å². The Bertz CT molecular complexity index is 1320. The fourth-order valence-electron chi connectivity index (χ4n) is 3.79. The zero-order valence-electron chi connectivity index (χ0n) is 17.3. The van der Waals surface area contributed by atoms with Gasteiger partial charge >= 0.3 is 0 Å². The first-order valence-corrected chi connectivity index (χ1v) is 11.0. The molecule has 0 saturated carbocycles. The average molecular weight is 450 g/mol. The lowest BCUT2D eigenvalue weighted by molar-refractivity contribution is 0.0158. The van der Waals surface area contributed by atoms with Crippen molar-refractivity contribution in [3.63, 3.8) is 0 Å². The van der Waals surface area contributed by atoms with Gasteiger partial charge < -0.3 is 10.1 Å². The summed E-state index contributed by atoms with van der Waals surface area (Å²) < 4.78 is 23.7. The second-order valence-electron chi connectivity index (χ2n) is 7.47. The van der Waals surface area contributed by atoms with Gasteiger partial charge in [0.05, 0.1) is 42.7 Å². The first kappa shape index (κ1) is 20.6. The molecule has 0 spiro atoms. The average Bonchev–Trinajstić information content (AvgIpc) is 3.39. The van der Waals surface area contributed by atoms with Crippen molar-refractivity contribution in [2.75, 3.05) is 19.7 Å². The Morgan fingerprint density at radius 3 is 3.06 bits per heavy atom. The molecule has 8 nitrogen and oxygen atoms in total. The molecule has 0 amide bonds. The van der Waals surface area contributed by atoms with E-state index in [9.17, 15) is 9.65 Å². The highest BCUT2D eigenvalue weighted by atomic mass is 32.2. The number of aromatic nitrogens is 5. The maximum absolute atomic E-state index is 14.3. The van der Waals surface area contributed by atoms with Crippen molar-refractivity contribution in [1.29, 1.82) is 5.26 Å². The Balaban J connectivity index is 1.55. The zero-order chi connectivity index (χ0) is 22.1. The zero-order valence-corrected chi connectivity index (χ0v) is 18.1. The Kier molecular flexibility index (Phi) is 5.61. The summed E-state index contributed by atoms with van der Waals surface area (Å²) in [5.41, 5.74) is 3.84. The minimum absolute atomic E-state index is 0.0697. The topological polar surface area (TPSA) is 93.1 Å². The first-order valence-electron chi connectivity index (χ1n) is 10.2. The number of fused-ring (bicyclic) bond motifs is 1. The normalized spacial score (nSPS) is 16.3. The summed E-state index contributed by atoms with van der Waals surface area (Å²) in [7, 11) is 0. The van der Waals surface area contributed by atoms with Crippen LogP contribution in [0.4, 0.5) is 4.39 Å². The van der Waals surface area contributed by atoms with Crippen LogP contribution in [-0.2, 0) is 11.3 Å². The molecule has 5 heterocycles. The van der Waals surface area contributed by atoms with E-state index < -0.39 is 5.82 Å². The Labute approximate surface area is 188 Å². The van der Waals surface area contributed by atoms with Gasteiger partial charge in [-0.05, 0) is 25.1 Å². The van der Waals surface area contributed by atoms with Gasteiger partial charge in [0, 0.05) is 47.2 Å². The molecule has 1 atom stereocenters. The monoisotopic (exact) mass is 449 g/mol. The van der Waals surface area contributed by atoms with E-state index in [0.717, 1.165) is 29.9 Å². The van der Waals surface area contributed by atoms with Crippen LogP contribution < -0.4 is 5.32 Å². The van der Waals surface area contributed by atoms with Crippen LogP contribution in [-0.4, -0.2) is 50.2 Å². The van der Waals surface area contributed by atoms with E-state index in [4.69, 9.17) is 4.74 Å². The predicted molar refractivity (Wildman–Crippen MR) is 117 cm³/mol. The quantitative estimate of drug-likeness (QED) is 0.501. The second kappa shape index (κ2) is 8.70. The molecule has 1 aliphatic heterocycles. The van der Waals surface area contributed by atoms with Crippen LogP contribution in [0.15, 0.2) is 52.9 Å². The summed E-state index contributed by atoms with van der Waals surface area (Å²) in [5.74, 6) is -0.413. The largest absolute Gasteiger partial charge is 0.374 e. The van der Waals surface area contributed by atoms with Gasteiger partial charge in [0.1, 0.15) is 11.1 Å². The highest BCUT2D eigenvalue weighted by Crippen LogP contribution is 2.36. The maximum atomic E-state index is 14.3. The van der Waals surface area contributed by atoms with E-state index in [1.165, 1.54) is 24.0 Å². The molecular weight excluding hydrogens is 429 g/mol. The van der Waals surface area contributed by atoms with Crippen molar-refractivity contribution in [2.45, 2.75) is 29.5 Å². The lowest BCUT2D eigenvalue weighted by Crippen LogP contribution is -2.41. The number of halogens is 1. The van der Waals surface area contributed by atoms with Crippen molar-refractivity contribution in [3.05, 3.63) is 60.1 Å². The highest BCUT2D eigenvalue weighted by molar-refractivity contribution is 7.99. The molecule has 5 rings (SSSR count). The third kappa shape index (κ3) is 3.86. The molecule has 0 bridgehead atoms. The van der Waals surface area contributed by atoms with Crippen molar-refractivity contribution < 1.29 is 9.13 Å². The summed E-state index contributed by atoms with van der Waals surface area (Å²) in [4.78, 5) is 4.84. The van der Waals surface area contributed by atoms with Gasteiger partial charge in [0.15, 0.2) is 5.82 Å². The molecule has 1 fully saturated rings.